The first-order chi connectivity index (χ1) is 21.8. The maximum atomic E-state index is 4.91. The summed E-state index contributed by atoms with van der Waals surface area (Å²) in [5.74, 6) is 0. The Labute approximate surface area is 254 Å². The number of fused-ring (bicyclic) bond motifs is 6. The molecule has 0 unspecified atom stereocenters. The number of nitrogens with zero attached hydrogens (tertiary/aromatic N) is 3. The highest BCUT2D eigenvalue weighted by Gasteiger charge is 2.19. The molecule has 0 radical (unpaired) electrons. The first-order valence-corrected chi connectivity index (χ1v) is 15.0. The van der Waals surface area contributed by atoms with Crippen molar-refractivity contribution in [2.45, 2.75) is 0 Å². The predicted octanol–water partition coefficient (Wildman–Crippen LogP) is 10.6. The summed E-state index contributed by atoms with van der Waals surface area (Å²) in [6, 6.07) is 56.4. The number of benzene rings is 6. The lowest BCUT2D eigenvalue weighted by Gasteiger charge is -2.12. The van der Waals surface area contributed by atoms with E-state index in [1.807, 2.05) is 12.3 Å². The third-order valence-corrected chi connectivity index (χ3v) is 8.75. The van der Waals surface area contributed by atoms with Crippen LogP contribution in [0.1, 0.15) is 0 Å². The van der Waals surface area contributed by atoms with Crippen LogP contribution in [0.15, 0.2) is 164 Å². The largest absolute Gasteiger partial charge is 0.309 e. The van der Waals surface area contributed by atoms with Crippen molar-refractivity contribution in [1.82, 2.24) is 14.1 Å². The molecule has 44 heavy (non-hydrogen) atoms. The second-order valence-corrected chi connectivity index (χ2v) is 11.2. The van der Waals surface area contributed by atoms with Crippen molar-refractivity contribution in [2.75, 3.05) is 0 Å². The van der Waals surface area contributed by atoms with Gasteiger partial charge >= 0.3 is 0 Å². The summed E-state index contributed by atoms with van der Waals surface area (Å²) in [7, 11) is 0. The van der Waals surface area contributed by atoms with Gasteiger partial charge in [0.25, 0.3) is 0 Å². The summed E-state index contributed by atoms with van der Waals surface area (Å²) < 4.78 is 4.75. The molecule has 206 valence electrons. The normalized spacial score (nSPS) is 11.6. The summed E-state index contributed by atoms with van der Waals surface area (Å²) in [6.45, 7) is 0. The van der Waals surface area contributed by atoms with Crippen molar-refractivity contribution in [2.24, 2.45) is 0 Å². The number of pyridine rings is 1. The SMILES string of the molecule is c1ccc(-c2cccc(-n3c4ccc(-c5cccc6c7ccccc7n(-c7ccccc7)c56)cc4c4ncccc43)c2)cc1. The van der Waals surface area contributed by atoms with E-state index in [9.17, 15) is 0 Å². The van der Waals surface area contributed by atoms with E-state index in [1.54, 1.807) is 0 Å². The molecule has 0 saturated carbocycles. The number of hydrogen-bond donors (Lipinski definition) is 0. The lowest BCUT2D eigenvalue weighted by Crippen LogP contribution is -1.95. The van der Waals surface area contributed by atoms with Crippen LogP contribution in [0.3, 0.4) is 0 Å². The lowest BCUT2D eigenvalue weighted by atomic mass is 10.0. The Balaban J connectivity index is 1.30. The van der Waals surface area contributed by atoms with E-state index in [0.29, 0.717) is 0 Å². The van der Waals surface area contributed by atoms with E-state index in [1.165, 1.54) is 44.1 Å². The Kier molecular flexibility index (Phi) is 5.50. The van der Waals surface area contributed by atoms with Crippen LogP contribution >= 0.6 is 0 Å². The highest BCUT2D eigenvalue weighted by Crippen LogP contribution is 2.40. The van der Waals surface area contributed by atoms with Gasteiger partial charge < -0.3 is 9.13 Å². The van der Waals surface area contributed by atoms with Crippen LogP contribution in [0, 0.1) is 0 Å². The Morgan fingerprint density at radius 1 is 0.386 bits per heavy atom. The van der Waals surface area contributed by atoms with Crippen molar-refractivity contribution in [3.63, 3.8) is 0 Å². The van der Waals surface area contributed by atoms with Crippen LogP contribution in [-0.2, 0) is 0 Å². The topological polar surface area (TPSA) is 22.8 Å². The molecule has 3 aromatic heterocycles. The number of hydrogen-bond acceptors (Lipinski definition) is 1. The molecule has 0 atom stereocenters. The van der Waals surface area contributed by atoms with E-state index < -0.39 is 0 Å². The zero-order valence-corrected chi connectivity index (χ0v) is 23.9. The van der Waals surface area contributed by atoms with E-state index in [4.69, 9.17) is 4.98 Å². The third-order valence-electron chi connectivity index (χ3n) is 8.75. The standard InChI is InChI=1S/C41H27N3/c1-3-12-28(13-4-1)29-14-9-17-32(26-29)43-38-24-23-30(27-36(38)40-39(43)22-11-25-42-40)33-19-10-20-35-34-18-7-8-21-37(34)44(41(33)35)31-15-5-2-6-16-31/h1-27H. The molecule has 0 saturated heterocycles. The van der Waals surface area contributed by atoms with Crippen molar-refractivity contribution in [1.29, 1.82) is 0 Å². The zero-order valence-electron chi connectivity index (χ0n) is 23.9. The van der Waals surface area contributed by atoms with E-state index in [-0.39, 0.29) is 0 Å². The van der Waals surface area contributed by atoms with Gasteiger partial charge in [-0.2, -0.15) is 0 Å². The van der Waals surface area contributed by atoms with Crippen LogP contribution in [0.4, 0.5) is 0 Å². The molecule has 9 rings (SSSR count). The first kappa shape index (κ1) is 24.6. The maximum absolute atomic E-state index is 4.91. The fourth-order valence-electron chi connectivity index (χ4n) is 6.83. The van der Waals surface area contributed by atoms with Gasteiger partial charge in [0.2, 0.25) is 0 Å². The second-order valence-electron chi connectivity index (χ2n) is 11.2. The van der Waals surface area contributed by atoms with Crippen molar-refractivity contribution >= 4 is 43.7 Å². The summed E-state index contributed by atoms with van der Waals surface area (Å²) >= 11 is 0. The van der Waals surface area contributed by atoms with Gasteiger partial charge in [-0.15, -0.1) is 0 Å². The van der Waals surface area contributed by atoms with Crippen molar-refractivity contribution in [3.8, 4) is 33.6 Å². The average molecular weight is 562 g/mol. The van der Waals surface area contributed by atoms with Gasteiger partial charge in [-0.05, 0) is 71.3 Å². The highest BCUT2D eigenvalue weighted by molar-refractivity contribution is 6.15. The minimum atomic E-state index is 1.00. The van der Waals surface area contributed by atoms with Gasteiger partial charge in [0.15, 0.2) is 0 Å². The van der Waals surface area contributed by atoms with Gasteiger partial charge in [-0.3, -0.25) is 4.98 Å². The van der Waals surface area contributed by atoms with E-state index in [2.05, 4.69) is 161 Å². The molecule has 0 aliphatic heterocycles. The molecule has 0 fully saturated rings. The minimum Gasteiger partial charge on any atom is -0.309 e. The Bertz CT molecular complexity index is 2480. The van der Waals surface area contributed by atoms with Crippen LogP contribution in [-0.4, -0.2) is 14.1 Å². The van der Waals surface area contributed by atoms with Crippen LogP contribution in [0.25, 0.3) is 77.4 Å². The minimum absolute atomic E-state index is 1.00. The molecule has 0 amide bonds. The number of aromatic nitrogens is 3. The average Bonchev–Trinajstić information content (AvgIpc) is 3.62. The van der Waals surface area contributed by atoms with Crippen molar-refractivity contribution in [3.05, 3.63) is 164 Å². The maximum Gasteiger partial charge on any atom is 0.0963 e. The number of para-hydroxylation sites is 3. The molecule has 0 aliphatic carbocycles. The summed E-state index contributed by atoms with van der Waals surface area (Å²) in [6.07, 6.45) is 1.90. The summed E-state index contributed by atoms with van der Waals surface area (Å²) in [5.41, 5.74) is 12.7. The van der Waals surface area contributed by atoms with Crippen LogP contribution in [0.5, 0.6) is 0 Å². The molecule has 3 heteroatoms. The highest BCUT2D eigenvalue weighted by atomic mass is 15.0. The lowest BCUT2D eigenvalue weighted by molar-refractivity contribution is 1.17. The molecular weight excluding hydrogens is 534 g/mol. The van der Waals surface area contributed by atoms with Crippen molar-refractivity contribution < 1.29 is 0 Å². The molecule has 3 nitrogen and oxygen atoms in total. The Morgan fingerprint density at radius 3 is 1.95 bits per heavy atom. The Morgan fingerprint density at radius 2 is 1.07 bits per heavy atom. The van der Waals surface area contributed by atoms with Gasteiger partial charge in [0, 0.05) is 39.3 Å². The van der Waals surface area contributed by atoms with E-state index >= 15 is 0 Å². The smallest absolute Gasteiger partial charge is 0.0963 e. The molecular formula is C41H27N3. The molecule has 3 heterocycles. The molecule has 0 spiro atoms. The summed E-state index contributed by atoms with van der Waals surface area (Å²) in [5, 5.41) is 3.65. The predicted molar refractivity (Wildman–Crippen MR) is 184 cm³/mol. The quantitative estimate of drug-likeness (QED) is 0.210. The second kappa shape index (κ2) is 9.82. The monoisotopic (exact) mass is 561 g/mol. The molecule has 9 aromatic rings. The Hall–Kier alpha value is -5.93. The zero-order chi connectivity index (χ0) is 29.0. The fourth-order valence-corrected chi connectivity index (χ4v) is 6.83. The molecule has 0 N–H and O–H groups in total. The van der Waals surface area contributed by atoms with Crippen LogP contribution in [0.2, 0.25) is 0 Å². The van der Waals surface area contributed by atoms with Gasteiger partial charge in [-0.25, -0.2) is 0 Å². The van der Waals surface area contributed by atoms with Crippen LogP contribution < -0.4 is 0 Å². The van der Waals surface area contributed by atoms with E-state index in [0.717, 1.165) is 33.3 Å². The first-order valence-electron chi connectivity index (χ1n) is 15.0. The van der Waals surface area contributed by atoms with Gasteiger partial charge in [0.05, 0.1) is 27.6 Å². The molecule has 6 aromatic carbocycles. The fraction of sp³-hybridized carbons (Fsp3) is 0. The molecule has 0 bridgehead atoms. The van der Waals surface area contributed by atoms with Gasteiger partial charge in [-0.1, -0.05) is 103 Å². The third kappa shape index (κ3) is 3.73. The summed E-state index contributed by atoms with van der Waals surface area (Å²) in [4.78, 5) is 4.91. The molecule has 0 aliphatic rings. The number of rotatable bonds is 4. The van der Waals surface area contributed by atoms with Gasteiger partial charge in [0.1, 0.15) is 0 Å².